The second-order valence-electron chi connectivity index (χ2n) is 3.44. The van der Waals surface area contributed by atoms with Gasteiger partial charge < -0.3 is 0 Å². The molecule has 0 saturated heterocycles. The predicted molar refractivity (Wildman–Crippen MR) is 59.4 cm³/mol. The molecular weight excluding hydrogens is 206 g/mol. The van der Waals surface area contributed by atoms with Crippen molar-refractivity contribution in [2.24, 2.45) is 10.1 Å². The van der Waals surface area contributed by atoms with Gasteiger partial charge in [0.15, 0.2) is 0 Å². The van der Waals surface area contributed by atoms with Crippen LogP contribution >= 0.6 is 0 Å². The zero-order valence-electron chi connectivity index (χ0n) is 8.67. The predicted octanol–water partition coefficient (Wildman–Crippen LogP) is 1.77. The Labute approximate surface area is 92.1 Å². The van der Waals surface area contributed by atoms with Crippen LogP contribution in [0.2, 0.25) is 0 Å². The summed E-state index contributed by atoms with van der Waals surface area (Å²) in [7, 11) is 0. The summed E-state index contributed by atoms with van der Waals surface area (Å²) in [5.74, 6) is -0.0517. The molecule has 0 radical (unpaired) electrons. The maximum absolute atomic E-state index is 11.5. The molecular formula is C11H9N3O2. The Morgan fingerprint density at radius 1 is 1.38 bits per heavy atom. The summed E-state index contributed by atoms with van der Waals surface area (Å²) in [4.78, 5) is 25.0. The fourth-order valence-electron chi connectivity index (χ4n) is 1.48. The van der Waals surface area contributed by atoms with Gasteiger partial charge in [0.1, 0.15) is 0 Å². The van der Waals surface area contributed by atoms with Crippen molar-refractivity contribution < 1.29 is 9.59 Å². The van der Waals surface area contributed by atoms with Crippen molar-refractivity contribution in [1.29, 1.82) is 0 Å². The monoisotopic (exact) mass is 215 g/mol. The summed E-state index contributed by atoms with van der Waals surface area (Å²) in [6.07, 6.45) is 1.81. The maximum atomic E-state index is 11.5. The smallest absolute Gasteiger partial charge is 0.253 e. The Kier molecular flexibility index (Phi) is 2.62. The number of hydrogen-bond acceptors (Lipinski definition) is 4. The number of hydrazone groups is 1. The van der Waals surface area contributed by atoms with E-state index in [0.29, 0.717) is 17.8 Å². The van der Waals surface area contributed by atoms with Crippen LogP contribution in [0.1, 0.15) is 13.3 Å². The van der Waals surface area contributed by atoms with Crippen molar-refractivity contribution in [3.05, 3.63) is 24.3 Å². The molecule has 5 heteroatoms. The lowest BCUT2D eigenvalue weighted by atomic mass is 10.2. The highest BCUT2D eigenvalue weighted by molar-refractivity contribution is 6.12. The standard InChI is InChI=1S/C11H9N3O2/c1-8-6-11(16)14(13-8)10-4-2-9(3-5-10)12-7-15/h2-5H,6H2,1H3. The van der Waals surface area contributed by atoms with Crippen molar-refractivity contribution in [2.75, 3.05) is 5.01 Å². The molecule has 1 heterocycles. The van der Waals surface area contributed by atoms with Crippen LogP contribution in [0.15, 0.2) is 34.4 Å². The van der Waals surface area contributed by atoms with E-state index in [1.165, 1.54) is 11.1 Å². The van der Waals surface area contributed by atoms with Gasteiger partial charge in [0.05, 0.1) is 17.8 Å². The van der Waals surface area contributed by atoms with Gasteiger partial charge in [-0.25, -0.2) is 9.80 Å². The second-order valence-corrected chi connectivity index (χ2v) is 3.44. The highest BCUT2D eigenvalue weighted by Gasteiger charge is 2.22. The summed E-state index contributed by atoms with van der Waals surface area (Å²) in [5.41, 5.74) is 1.97. The third-order valence-electron chi connectivity index (χ3n) is 2.18. The molecule has 16 heavy (non-hydrogen) atoms. The molecule has 1 amide bonds. The van der Waals surface area contributed by atoms with Crippen LogP contribution < -0.4 is 5.01 Å². The van der Waals surface area contributed by atoms with Gasteiger partial charge in [0.25, 0.3) is 5.91 Å². The molecule has 1 aromatic carbocycles. The van der Waals surface area contributed by atoms with Gasteiger partial charge in [-0.3, -0.25) is 4.79 Å². The van der Waals surface area contributed by atoms with E-state index in [0.717, 1.165) is 5.71 Å². The molecule has 0 N–H and O–H groups in total. The molecule has 0 aromatic heterocycles. The number of hydrogen-bond donors (Lipinski definition) is 0. The summed E-state index contributed by atoms with van der Waals surface area (Å²) in [6.45, 7) is 1.81. The minimum Gasteiger partial charge on any atom is -0.272 e. The molecule has 80 valence electrons. The lowest BCUT2D eigenvalue weighted by Crippen LogP contribution is -2.19. The van der Waals surface area contributed by atoms with E-state index in [9.17, 15) is 9.59 Å². The summed E-state index contributed by atoms with van der Waals surface area (Å²) in [5, 5.41) is 5.46. The first-order chi connectivity index (χ1) is 7.70. The molecule has 0 fully saturated rings. The van der Waals surface area contributed by atoms with E-state index in [1.807, 2.05) is 6.92 Å². The number of nitrogens with zero attached hydrogens (tertiary/aromatic N) is 3. The van der Waals surface area contributed by atoms with Crippen molar-refractivity contribution in [3.8, 4) is 0 Å². The number of carbonyl (C=O) groups excluding carboxylic acids is 2. The topological polar surface area (TPSA) is 62.1 Å². The lowest BCUT2D eigenvalue weighted by Gasteiger charge is -2.11. The zero-order chi connectivity index (χ0) is 11.5. The molecule has 0 aliphatic carbocycles. The molecule has 0 bridgehead atoms. The van der Waals surface area contributed by atoms with Gasteiger partial charge >= 0.3 is 0 Å². The molecule has 1 aliphatic heterocycles. The fourth-order valence-corrected chi connectivity index (χ4v) is 1.48. The van der Waals surface area contributed by atoms with Gasteiger partial charge in [0, 0.05) is 5.71 Å². The van der Waals surface area contributed by atoms with Gasteiger partial charge in [-0.15, -0.1) is 0 Å². The number of amides is 1. The quantitative estimate of drug-likeness (QED) is 0.557. The molecule has 0 atom stereocenters. The molecule has 2 rings (SSSR count). The first kappa shape index (κ1) is 10.3. The largest absolute Gasteiger partial charge is 0.272 e. The van der Waals surface area contributed by atoms with Crippen LogP contribution in [0.25, 0.3) is 0 Å². The van der Waals surface area contributed by atoms with Crippen LogP contribution in [0.5, 0.6) is 0 Å². The minimum atomic E-state index is -0.0517. The van der Waals surface area contributed by atoms with E-state index in [4.69, 9.17) is 0 Å². The number of isocyanates is 1. The number of carbonyl (C=O) groups is 1. The number of rotatable bonds is 2. The van der Waals surface area contributed by atoms with Crippen molar-refractivity contribution in [3.63, 3.8) is 0 Å². The minimum absolute atomic E-state index is 0.0517. The van der Waals surface area contributed by atoms with Crippen LogP contribution in [0, 0.1) is 0 Å². The molecule has 0 spiro atoms. The Morgan fingerprint density at radius 2 is 2.06 bits per heavy atom. The first-order valence-corrected chi connectivity index (χ1v) is 4.75. The van der Waals surface area contributed by atoms with Crippen molar-refractivity contribution in [2.45, 2.75) is 13.3 Å². The second kappa shape index (κ2) is 4.08. The number of aliphatic imine (C=N–C) groups is 1. The highest BCUT2D eigenvalue weighted by atomic mass is 16.2. The SMILES string of the molecule is CC1=NN(c2ccc(N=C=O)cc2)C(=O)C1. The normalized spacial score (nSPS) is 14.7. The van der Waals surface area contributed by atoms with E-state index < -0.39 is 0 Å². The van der Waals surface area contributed by atoms with Crippen LogP contribution in [0.3, 0.4) is 0 Å². The number of benzene rings is 1. The summed E-state index contributed by atoms with van der Waals surface area (Å²) >= 11 is 0. The molecule has 5 nitrogen and oxygen atoms in total. The molecule has 0 saturated carbocycles. The first-order valence-electron chi connectivity index (χ1n) is 4.75. The molecule has 0 unspecified atom stereocenters. The van der Waals surface area contributed by atoms with Gasteiger partial charge in [-0.1, -0.05) is 0 Å². The third-order valence-corrected chi connectivity index (χ3v) is 2.18. The summed E-state index contributed by atoms with van der Waals surface area (Å²) < 4.78 is 0. The fraction of sp³-hybridized carbons (Fsp3) is 0.182. The average molecular weight is 215 g/mol. The Hall–Kier alpha value is -2.26. The Morgan fingerprint density at radius 3 is 2.56 bits per heavy atom. The van der Waals surface area contributed by atoms with Gasteiger partial charge in [-0.05, 0) is 31.2 Å². The Bertz CT molecular complexity index is 498. The maximum Gasteiger partial charge on any atom is 0.253 e. The summed E-state index contributed by atoms with van der Waals surface area (Å²) in [6, 6.07) is 6.65. The van der Waals surface area contributed by atoms with Crippen LogP contribution in [-0.2, 0) is 9.59 Å². The third kappa shape index (κ3) is 1.89. The average Bonchev–Trinajstić information content (AvgIpc) is 2.59. The van der Waals surface area contributed by atoms with E-state index in [-0.39, 0.29) is 5.91 Å². The van der Waals surface area contributed by atoms with Crippen LogP contribution in [-0.4, -0.2) is 17.7 Å². The molecule has 1 aliphatic rings. The highest BCUT2D eigenvalue weighted by Crippen LogP contribution is 2.23. The lowest BCUT2D eigenvalue weighted by molar-refractivity contribution is -0.116. The number of anilines is 1. The van der Waals surface area contributed by atoms with E-state index in [2.05, 4.69) is 10.1 Å². The van der Waals surface area contributed by atoms with E-state index >= 15 is 0 Å². The zero-order valence-corrected chi connectivity index (χ0v) is 8.67. The van der Waals surface area contributed by atoms with Crippen molar-refractivity contribution >= 4 is 29.1 Å². The van der Waals surface area contributed by atoms with Crippen molar-refractivity contribution in [1.82, 2.24) is 0 Å². The Balaban J connectivity index is 2.28. The van der Waals surface area contributed by atoms with Crippen LogP contribution in [0.4, 0.5) is 11.4 Å². The van der Waals surface area contributed by atoms with Gasteiger partial charge in [0.2, 0.25) is 6.08 Å². The molecule has 1 aromatic rings. The van der Waals surface area contributed by atoms with Gasteiger partial charge in [-0.2, -0.15) is 10.1 Å². The van der Waals surface area contributed by atoms with E-state index in [1.54, 1.807) is 24.3 Å².